The number of fused-ring (bicyclic) bond motifs is 1. The van der Waals surface area contributed by atoms with Gasteiger partial charge in [0.25, 0.3) is 0 Å². The molecule has 4 rings (SSSR count). The molecular weight excluding hydrogens is 437 g/mol. The van der Waals surface area contributed by atoms with Gasteiger partial charge in [0.1, 0.15) is 24.0 Å². The number of ether oxygens (including phenoxy) is 2. The van der Waals surface area contributed by atoms with Gasteiger partial charge in [0.15, 0.2) is 5.84 Å². The Balaban J connectivity index is 1.72. The molecule has 0 radical (unpaired) electrons. The molecule has 9 heteroatoms. The van der Waals surface area contributed by atoms with E-state index in [1.54, 1.807) is 13.0 Å². The molecule has 0 saturated carbocycles. The van der Waals surface area contributed by atoms with Gasteiger partial charge in [0.05, 0.1) is 37.7 Å². The molecule has 1 N–H and O–H groups in total. The first-order valence-electron chi connectivity index (χ1n) is 10.8. The van der Waals surface area contributed by atoms with Crippen molar-refractivity contribution in [3.8, 4) is 11.3 Å². The van der Waals surface area contributed by atoms with Crippen LogP contribution in [0.5, 0.6) is 0 Å². The molecule has 2 aromatic carbocycles. The van der Waals surface area contributed by atoms with Crippen LogP contribution in [0.25, 0.3) is 22.2 Å². The van der Waals surface area contributed by atoms with Crippen LogP contribution in [0, 0.1) is 5.82 Å². The van der Waals surface area contributed by atoms with Gasteiger partial charge in [-0.05, 0) is 49.5 Å². The minimum absolute atomic E-state index is 0.0663. The number of anilines is 1. The third kappa shape index (κ3) is 4.95. The topological polar surface area (TPSA) is 92.4 Å². The molecule has 1 aliphatic heterocycles. The van der Waals surface area contributed by atoms with Crippen LogP contribution in [0.2, 0.25) is 0 Å². The fourth-order valence-electron chi connectivity index (χ4n) is 3.73. The lowest BCUT2D eigenvalue weighted by Gasteiger charge is -2.29. The van der Waals surface area contributed by atoms with Crippen LogP contribution in [-0.2, 0) is 9.47 Å². The molecule has 1 unspecified atom stereocenters. The molecule has 0 bridgehead atoms. The molecule has 176 valence electrons. The molecular formula is C25H26FN5O3. The summed E-state index contributed by atoms with van der Waals surface area (Å²) in [6, 6.07) is 10.2. The van der Waals surface area contributed by atoms with Crippen molar-refractivity contribution < 1.29 is 19.0 Å². The first-order chi connectivity index (χ1) is 16.5. The second kappa shape index (κ2) is 10.5. The van der Waals surface area contributed by atoms with Crippen molar-refractivity contribution >= 4 is 29.1 Å². The molecule has 3 aromatic rings. The molecule has 34 heavy (non-hydrogen) atoms. The normalized spacial score (nSPS) is 15.9. The fourth-order valence-corrected chi connectivity index (χ4v) is 3.73. The van der Waals surface area contributed by atoms with E-state index < -0.39 is 11.9 Å². The fraction of sp³-hybridized carbons (Fsp3) is 0.280. The molecule has 0 aliphatic carbocycles. The largest absolute Gasteiger partial charge is 0.500 e. The van der Waals surface area contributed by atoms with Crippen LogP contribution in [0.15, 0.2) is 64.7 Å². The van der Waals surface area contributed by atoms with Crippen LogP contribution in [0.4, 0.5) is 10.1 Å². The Morgan fingerprint density at radius 3 is 2.76 bits per heavy atom. The summed E-state index contributed by atoms with van der Waals surface area (Å²) in [4.78, 5) is 18.9. The molecule has 1 atom stereocenters. The first kappa shape index (κ1) is 23.5. The number of methoxy groups -OCH3 is 1. The molecule has 1 aliphatic rings. The highest BCUT2D eigenvalue weighted by Gasteiger charge is 2.19. The number of rotatable bonds is 6. The van der Waals surface area contributed by atoms with Crippen LogP contribution in [0.1, 0.15) is 18.6 Å². The number of benzene rings is 2. The molecule has 1 aromatic heterocycles. The van der Waals surface area contributed by atoms with E-state index in [4.69, 9.17) is 9.47 Å². The van der Waals surface area contributed by atoms with Crippen LogP contribution < -0.4 is 4.90 Å². The summed E-state index contributed by atoms with van der Waals surface area (Å²) in [6.45, 7) is 8.17. The van der Waals surface area contributed by atoms with Gasteiger partial charge in [0, 0.05) is 29.7 Å². The van der Waals surface area contributed by atoms with Crippen molar-refractivity contribution in [2.45, 2.75) is 13.0 Å². The minimum atomic E-state index is -1.21. The lowest BCUT2D eigenvalue weighted by atomic mass is 10.00. The van der Waals surface area contributed by atoms with Gasteiger partial charge in [-0.25, -0.2) is 24.3 Å². The quantitative estimate of drug-likeness (QED) is 0.339. The van der Waals surface area contributed by atoms with E-state index in [9.17, 15) is 9.50 Å². The summed E-state index contributed by atoms with van der Waals surface area (Å²) in [5.41, 5.74) is 2.82. The monoisotopic (exact) mass is 463 g/mol. The van der Waals surface area contributed by atoms with Crippen molar-refractivity contribution in [3.05, 3.63) is 66.1 Å². The van der Waals surface area contributed by atoms with E-state index in [-0.39, 0.29) is 11.4 Å². The zero-order valence-corrected chi connectivity index (χ0v) is 19.1. The lowest BCUT2D eigenvalue weighted by Crippen LogP contribution is -2.36. The SMILES string of the molecule is C=NC(=N/C=C(\C)OC)C(O)c1ccc(F)c(-c2ncnc3cc(N4CCOCC4)ccc23)c1. The molecule has 0 spiro atoms. The third-order valence-electron chi connectivity index (χ3n) is 5.66. The van der Waals surface area contributed by atoms with E-state index in [1.165, 1.54) is 31.8 Å². The number of hydrogen-bond acceptors (Lipinski definition) is 7. The number of allylic oxidation sites excluding steroid dienone is 1. The average molecular weight is 464 g/mol. The number of amidine groups is 1. The number of morpholine rings is 1. The number of aliphatic hydroxyl groups is 1. The Morgan fingerprint density at radius 2 is 2.03 bits per heavy atom. The van der Waals surface area contributed by atoms with Gasteiger partial charge in [-0.3, -0.25) is 0 Å². The first-order valence-corrected chi connectivity index (χ1v) is 10.8. The summed E-state index contributed by atoms with van der Waals surface area (Å²) < 4.78 is 25.4. The van der Waals surface area contributed by atoms with Crippen molar-refractivity contribution in [2.24, 2.45) is 9.98 Å². The molecule has 1 saturated heterocycles. The number of halogens is 1. The van der Waals surface area contributed by atoms with E-state index in [1.807, 2.05) is 18.2 Å². The van der Waals surface area contributed by atoms with Gasteiger partial charge in [-0.2, -0.15) is 0 Å². The lowest BCUT2D eigenvalue weighted by molar-refractivity contribution is 0.122. The second-order valence-corrected chi connectivity index (χ2v) is 7.75. The number of nitrogens with zero attached hydrogens (tertiary/aromatic N) is 5. The maximum atomic E-state index is 14.9. The number of aliphatic imine (C=N–C) groups is 2. The Morgan fingerprint density at radius 1 is 1.24 bits per heavy atom. The zero-order chi connectivity index (χ0) is 24.1. The summed E-state index contributed by atoms with van der Waals surface area (Å²) in [5.74, 6) is 0.141. The molecule has 1 fully saturated rings. The Hall–Kier alpha value is -3.69. The van der Waals surface area contributed by atoms with Gasteiger partial charge in [0.2, 0.25) is 0 Å². The summed E-state index contributed by atoms with van der Waals surface area (Å²) >= 11 is 0. The molecule has 8 nitrogen and oxygen atoms in total. The molecule has 2 heterocycles. The predicted molar refractivity (Wildman–Crippen MR) is 131 cm³/mol. The van der Waals surface area contributed by atoms with Crippen molar-refractivity contribution in [1.29, 1.82) is 0 Å². The van der Waals surface area contributed by atoms with E-state index in [0.29, 0.717) is 41.1 Å². The van der Waals surface area contributed by atoms with Crippen LogP contribution in [-0.4, -0.2) is 61.0 Å². The number of aliphatic hydroxyl groups excluding tert-OH is 1. The van der Waals surface area contributed by atoms with E-state index in [0.717, 1.165) is 18.8 Å². The standard InChI is InChI=1S/C25H26FN5O3/c1-16(33-3)14-28-25(27-2)24(32)17-4-7-21(26)20(12-17)23-19-6-5-18(13-22(19)29-15-30-23)31-8-10-34-11-9-31/h4-7,12-15,24,32H,2,8-11H2,1,3H3/b16-14+,28-25?. The summed E-state index contributed by atoms with van der Waals surface area (Å²) in [5, 5.41) is 11.5. The highest BCUT2D eigenvalue weighted by Crippen LogP contribution is 2.32. The van der Waals surface area contributed by atoms with Crippen molar-refractivity contribution in [2.75, 3.05) is 38.3 Å². The van der Waals surface area contributed by atoms with Gasteiger partial charge in [-0.1, -0.05) is 6.07 Å². The highest BCUT2D eigenvalue weighted by molar-refractivity contribution is 5.95. The maximum Gasteiger partial charge on any atom is 0.160 e. The second-order valence-electron chi connectivity index (χ2n) is 7.75. The maximum absolute atomic E-state index is 14.9. The summed E-state index contributed by atoms with van der Waals surface area (Å²) in [7, 11) is 1.51. The van der Waals surface area contributed by atoms with Crippen molar-refractivity contribution in [1.82, 2.24) is 9.97 Å². The minimum Gasteiger partial charge on any atom is -0.500 e. The Labute approximate surface area is 197 Å². The highest BCUT2D eigenvalue weighted by atomic mass is 19.1. The molecule has 0 amide bonds. The Bertz CT molecular complexity index is 1250. The van der Waals surface area contributed by atoms with Crippen molar-refractivity contribution in [3.63, 3.8) is 0 Å². The van der Waals surface area contributed by atoms with Crippen LogP contribution >= 0.6 is 0 Å². The van der Waals surface area contributed by atoms with E-state index >= 15 is 0 Å². The smallest absolute Gasteiger partial charge is 0.160 e. The van der Waals surface area contributed by atoms with Gasteiger partial charge >= 0.3 is 0 Å². The number of aromatic nitrogens is 2. The van der Waals surface area contributed by atoms with E-state index in [2.05, 4.69) is 31.6 Å². The van der Waals surface area contributed by atoms with Crippen LogP contribution in [0.3, 0.4) is 0 Å². The summed E-state index contributed by atoms with van der Waals surface area (Å²) in [6.07, 6.45) is 1.64. The number of hydrogen-bond donors (Lipinski definition) is 1. The predicted octanol–water partition coefficient (Wildman–Crippen LogP) is 3.91. The van der Waals surface area contributed by atoms with Gasteiger partial charge in [-0.15, -0.1) is 0 Å². The Kier molecular flexibility index (Phi) is 7.24. The zero-order valence-electron chi connectivity index (χ0n) is 19.1. The average Bonchev–Trinajstić information content (AvgIpc) is 2.89. The third-order valence-corrected chi connectivity index (χ3v) is 5.66. The van der Waals surface area contributed by atoms with Gasteiger partial charge < -0.3 is 19.5 Å².